The van der Waals surface area contributed by atoms with E-state index in [0.717, 1.165) is 25.3 Å². The summed E-state index contributed by atoms with van der Waals surface area (Å²) in [5, 5.41) is 0. The summed E-state index contributed by atoms with van der Waals surface area (Å²) in [5.74, 6) is 0.809. The molecule has 4 aliphatic rings. The van der Waals surface area contributed by atoms with Crippen molar-refractivity contribution in [3.63, 3.8) is 0 Å². The maximum atomic E-state index is 12.4. The van der Waals surface area contributed by atoms with Crippen LogP contribution >= 0.6 is 0 Å². The van der Waals surface area contributed by atoms with Gasteiger partial charge >= 0.3 is 13.2 Å². The van der Waals surface area contributed by atoms with E-state index in [1.807, 2.05) is 53.4 Å². The lowest BCUT2D eigenvalue weighted by Crippen LogP contribution is -2.70. The molecule has 1 aromatic rings. The first-order valence-corrected chi connectivity index (χ1v) is 10.3. The second-order valence-electron chi connectivity index (χ2n) is 10.2. The van der Waals surface area contributed by atoms with Crippen molar-refractivity contribution in [3.8, 4) is 0 Å². The van der Waals surface area contributed by atoms with Crippen molar-refractivity contribution in [2.45, 2.75) is 83.8 Å². The smallest absolute Gasteiger partial charge is 0.444 e. The van der Waals surface area contributed by atoms with E-state index >= 15 is 0 Å². The highest BCUT2D eigenvalue weighted by atomic mass is 16.7. The molecule has 0 spiro atoms. The zero-order chi connectivity index (χ0) is 21.2. The lowest BCUT2D eigenvalue weighted by atomic mass is 9.85. The van der Waals surface area contributed by atoms with Gasteiger partial charge in [-0.2, -0.15) is 0 Å². The van der Waals surface area contributed by atoms with Gasteiger partial charge in [0.25, 0.3) is 0 Å². The Hall–Kier alpha value is -1.87. The van der Waals surface area contributed by atoms with Crippen molar-refractivity contribution in [1.82, 2.24) is 14.9 Å². The Morgan fingerprint density at radius 3 is 2.17 bits per heavy atom. The number of piperidine rings is 1. The molecule has 4 saturated heterocycles. The van der Waals surface area contributed by atoms with Gasteiger partial charge in [0.15, 0.2) is 0 Å². The van der Waals surface area contributed by atoms with E-state index in [2.05, 4.69) is 14.9 Å². The number of fused-ring (bicyclic) bond motifs is 2. The van der Waals surface area contributed by atoms with Crippen molar-refractivity contribution < 1.29 is 18.8 Å². The molecule has 1 amide bonds. The van der Waals surface area contributed by atoms with Gasteiger partial charge in [-0.25, -0.2) is 9.78 Å². The van der Waals surface area contributed by atoms with Gasteiger partial charge in [-0.1, -0.05) is 0 Å². The SMILES string of the molecule is CC(C)(C)OC(=O)N1C2CC1CN(c1cnc(B3OC(C)(C)C(C)(C)O3)cn1)C2. The van der Waals surface area contributed by atoms with Crippen LogP contribution in [0.25, 0.3) is 0 Å². The number of anilines is 1. The van der Waals surface area contributed by atoms with Gasteiger partial charge in [0.05, 0.1) is 35.1 Å². The summed E-state index contributed by atoms with van der Waals surface area (Å²) >= 11 is 0. The monoisotopic (exact) mass is 402 g/mol. The number of rotatable bonds is 2. The summed E-state index contributed by atoms with van der Waals surface area (Å²) in [5.41, 5.74) is -0.616. The molecule has 9 heteroatoms. The van der Waals surface area contributed by atoms with Crippen LogP contribution in [0.4, 0.5) is 10.6 Å². The minimum absolute atomic E-state index is 0.160. The first kappa shape index (κ1) is 20.4. The number of hydrogen-bond acceptors (Lipinski definition) is 7. The summed E-state index contributed by atoms with van der Waals surface area (Å²) < 4.78 is 17.6. The largest absolute Gasteiger partial charge is 0.516 e. The van der Waals surface area contributed by atoms with Crippen molar-refractivity contribution >= 4 is 24.6 Å². The van der Waals surface area contributed by atoms with Crippen molar-refractivity contribution in [2.24, 2.45) is 0 Å². The fourth-order valence-electron chi connectivity index (χ4n) is 3.99. The summed E-state index contributed by atoms with van der Waals surface area (Å²) in [6.07, 6.45) is 4.28. The Bertz CT molecular complexity index is 765. The van der Waals surface area contributed by atoms with E-state index in [1.54, 1.807) is 12.4 Å². The van der Waals surface area contributed by atoms with Crippen molar-refractivity contribution in [3.05, 3.63) is 12.4 Å². The molecule has 0 radical (unpaired) electrons. The third kappa shape index (κ3) is 3.70. The fraction of sp³-hybridized carbons (Fsp3) is 0.750. The van der Waals surface area contributed by atoms with Gasteiger partial charge in [-0.15, -0.1) is 0 Å². The second kappa shape index (κ2) is 6.57. The molecular weight excluding hydrogens is 371 g/mol. The molecular formula is C20H31BN4O4. The quantitative estimate of drug-likeness (QED) is 0.700. The highest BCUT2D eigenvalue weighted by Crippen LogP contribution is 2.37. The van der Waals surface area contributed by atoms with Crippen LogP contribution < -0.4 is 10.5 Å². The molecule has 29 heavy (non-hydrogen) atoms. The first-order valence-electron chi connectivity index (χ1n) is 10.3. The molecule has 5 rings (SSSR count). The molecule has 5 heterocycles. The van der Waals surface area contributed by atoms with Crippen LogP contribution in [0, 0.1) is 0 Å². The molecule has 0 aromatic carbocycles. The summed E-state index contributed by atoms with van der Waals surface area (Å²) in [6, 6.07) is 0.321. The van der Waals surface area contributed by atoms with E-state index in [1.165, 1.54) is 0 Å². The third-order valence-corrected chi connectivity index (χ3v) is 6.27. The molecule has 158 valence electrons. The Morgan fingerprint density at radius 2 is 1.69 bits per heavy atom. The van der Waals surface area contributed by atoms with E-state index in [-0.39, 0.29) is 18.2 Å². The van der Waals surface area contributed by atoms with Crippen LogP contribution in [0.2, 0.25) is 0 Å². The molecule has 2 atom stereocenters. The van der Waals surface area contributed by atoms with Gasteiger partial charge in [0, 0.05) is 19.3 Å². The number of aromatic nitrogens is 2. The Kier molecular flexibility index (Phi) is 4.62. The van der Waals surface area contributed by atoms with Crippen LogP contribution in [-0.4, -0.2) is 70.1 Å². The molecule has 1 aromatic heterocycles. The van der Waals surface area contributed by atoms with Crippen LogP contribution in [-0.2, 0) is 14.0 Å². The average Bonchev–Trinajstić information content (AvgIpc) is 2.81. The molecule has 0 N–H and O–H groups in total. The predicted octanol–water partition coefficient (Wildman–Crippen LogP) is 1.97. The standard InChI is InChI=1S/C20H31BN4O4/c1-18(2,3)27-17(26)25-13-8-14(25)12-24(11-13)16-10-22-15(9-23-16)21-28-19(4,5)20(6,7)29-21/h9-10,13-14H,8,11-12H2,1-7H3. The zero-order valence-corrected chi connectivity index (χ0v) is 18.4. The predicted molar refractivity (Wildman–Crippen MR) is 110 cm³/mol. The lowest BCUT2D eigenvalue weighted by Gasteiger charge is -2.55. The number of ether oxygens (including phenoxy) is 1. The van der Waals surface area contributed by atoms with E-state index in [4.69, 9.17) is 14.0 Å². The van der Waals surface area contributed by atoms with Crippen LogP contribution in [0.3, 0.4) is 0 Å². The Labute approximate surface area is 173 Å². The normalized spacial score (nSPS) is 27.6. The number of amides is 1. The molecule has 8 nitrogen and oxygen atoms in total. The van der Waals surface area contributed by atoms with Gasteiger partial charge in [-0.3, -0.25) is 9.88 Å². The topological polar surface area (TPSA) is 77.0 Å². The van der Waals surface area contributed by atoms with Crippen molar-refractivity contribution in [2.75, 3.05) is 18.0 Å². The van der Waals surface area contributed by atoms with Gasteiger partial charge in [-0.05, 0) is 54.9 Å². The zero-order valence-electron chi connectivity index (χ0n) is 18.4. The molecule has 4 fully saturated rings. The van der Waals surface area contributed by atoms with Crippen LogP contribution in [0.1, 0.15) is 54.9 Å². The highest BCUT2D eigenvalue weighted by Gasteiger charge is 2.53. The fourth-order valence-corrected chi connectivity index (χ4v) is 3.99. The number of hydrogen-bond donors (Lipinski definition) is 0. The van der Waals surface area contributed by atoms with E-state index < -0.39 is 23.9 Å². The molecule has 0 aliphatic carbocycles. The number of carbonyl (C=O) groups excluding carboxylic acids is 1. The summed E-state index contributed by atoms with van der Waals surface area (Å²) in [7, 11) is -0.515. The van der Waals surface area contributed by atoms with Crippen LogP contribution in [0.15, 0.2) is 12.4 Å². The lowest BCUT2D eigenvalue weighted by molar-refractivity contribution is -0.0380. The van der Waals surface area contributed by atoms with Crippen molar-refractivity contribution in [1.29, 1.82) is 0 Å². The maximum absolute atomic E-state index is 12.4. The second-order valence-corrected chi connectivity index (χ2v) is 10.2. The minimum atomic E-state index is -0.515. The van der Waals surface area contributed by atoms with E-state index in [0.29, 0.717) is 5.59 Å². The van der Waals surface area contributed by atoms with Gasteiger partial charge in [0.2, 0.25) is 0 Å². The minimum Gasteiger partial charge on any atom is -0.444 e. The molecule has 4 aliphatic heterocycles. The number of nitrogens with zero attached hydrogens (tertiary/aromatic N) is 4. The summed E-state index contributed by atoms with van der Waals surface area (Å²) in [4.78, 5) is 25.6. The molecule has 2 unspecified atom stereocenters. The first-order chi connectivity index (χ1) is 13.4. The van der Waals surface area contributed by atoms with Gasteiger partial charge in [0.1, 0.15) is 11.4 Å². The molecule has 2 bridgehead atoms. The maximum Gasteiger partial charge on any atom is 0.516 e. The van der Waals surface area contributed by atoms with Crippen LogP contribution in [0.5, 0.6) is 0 Å². The van der Waals surface area contributed by atoms with E-state index in [9.17, 15) is 4.79 Å². The average molecular weight is 402 g/mol. The number of carbonyl (C=O) groups is 1. The number of piperazine rings is 1. The Balaban J connectivity index is 1.39. The molecule has 0 saturated carbocycles. The van der Waals surface area contributed by atoms with Gasteiger partial charge < -0.3 is 18.9 Å². The Morgan fingerprint density at radius 1 is 1.10 bits per heavy atom. The third-order valence-electron chi connectivity index (χ3n) is 6.27. The summed E-state index contributed by atoms with van der Waals surface area (Å²) in [6.45, 7) is 15.2. The highest BCUT2D eigenvalue weighted by molar-refractivity contribution is 6.61.